The fourth-order valence-corrected chi connectivity index (χ4v) is 3.89. The van der Waals surface area contributed by atoms with Crippen molar-refractivity contribution in [1.29, 1.82) is 0 Å². The van der Waals surface area contributed by atoms with Gasteiger partial charge in [-0.25, -0.2) is 0 Å². The number of carbonyl (C=O) groups is 2. The highest BCUT2D eigenvalue weighted by Gasteiger charge is 2.22. The molecule has 10 heteroatoms. The second-order valence-corrected chi connectivity index (χ2v) is 7.99. The van der Waals surface area contributed by atoms with Gasteiger partial charge in [-0.1, -0.05) is 0 Å². The van der Waals surface area contributed by atoms with E-state index in [1.54, 1.807) is 7.11 Å². The molecule has 176 valence electrons. The maximum atomic E-state index is 12.4. The quantitative estimate of drug-likeness (QED) is 0.635. The summed E-state index contributed by atoms with van der Waals surface area (Å²) in [5.41, 5.74) is 0.820. The number of methoxy groups -OCH3 is 1. The molecule has 2 aliphatic heterocycles. The first-order chi connectivity index (χ1) is 16.0. The second-order valence-electron chi connectivity index (χ2n) is 7.99. The molecule has 2 saturated heterocycles. The summed E-state index contributed by atoms with van der Waals surface area (Å²) in [5, 5.41) is 2.65. The van der Waals surface area contributed by atoms with Crippen LogP contribution in [0.5, 0.6) is 11.5 Å². The Labute approximate surface area is 191 Å². The summed E-state index contributed by atoms with van der Waals surface area (Å²) in [6.07, 6.45) is 1.25. The van der Waals surface area contributed by atoms with Gasteiger partial charge in [-0.05, 0) is 24.3 Å². The molecule has 1 N–H and O–H groups in total. The van der Waals surface area contributed by atoms with Gasteiger partial charge in [0.2, 0.25) is 17.1 Å². The summed E-state index contributed by atoms with van der Waals surface area (Å²) in [7, 11) is 1.65. The molecule has 2 aromatic rings. The van der Waals surface area contributed by atoms with Crippen LogP contribution in [0.1, 0.15) is 5.76 Å². The molecule has 0 saturated carbocycles. The Hall–Kier alpha value is -3.53. The lowest BCUT2D eigenvalue weighted by atomic mass is 10.2. The summed E-state index contributed by atoms with van der Waals surface area (Å²) in [4.78, 5) is 41.9. The Morgan fingerprint density at radius 3 is 2.52 bits per heavy atom. The summed E-state index contributed by atoms with van der Waals surface area (Å²) >= 11 is 0. The van der Waals surface area contributed by atoms with Crippen LogP contribution < -0.4 is 25.1 Å². The van der Waals surface area contributed by atoms with Gasteiger partial charge in [-0.15, -0.1) is 0 Å². The van der Waals surface area contributed by atoms with Crippen molar-refractivity contribution in [2.75, 3.05) is 64.4 Å². The molecular formula is C23H28N4O6. The van der Waals surface area contributed by atoms with Crippen molar-refractivity contribution in [3.05, 3.63) is 52.6 Å². The van der Waals surface area contributed by atoms with E-state index in [4.69, 9.17) is 13.9 Å². The number of nitrogens with one attached hydrogen (secondary N) is 1. The highest BCUT2D eigenvalue weighted by molar-refractivity contribution is 5.86. The van der Waals surface area contributed by atoms with Gasteiger partial charge in [-0.2, -0.15) is 0 Å². The first-order valence-electron chi connectivity index (χ1n) is 10.9. The third-order valence-corrected chi connectivity index (χ3v) is 5.78. The maximum Gasteiger partial charge on any atom is 0.261 e. The smallest absolute Gasteiger partial charge is 0.261 e. The first-order valence-corrected chi connectivity index (χ1v) is 10.9. The van der Waals surface area contributed by atoms with E-state index in [0.717, 1.165) is 37.6 Å². The van der Waals surface area contributed by atoms with E-state index in [0.29, 0.717) is 25.4 Å². The van der Waals surface area contributed by atoms with Crippen LogP contribution in [0, 0.1) is 0 Å². The fourth-order valence-electron chi connectivity index (χ4n) is 3.89. The molecule has 1 aromatic carbocycles. The van der Waals surface area contributed by atoms with E-state index >= 15 is 0 Å². The summed E-state index contributed by atoms with van der Waals surface area (Å²) in [6.45, 7) is 4.46. The maximum absolute atomic E-state index is 12.4. The molecule has 4 rings (SSSR count). The van der Waals surface area contributed by atoms with Gasteiger partial charge < -0.3 is 29.0 Å². The minimum atomic E-state index is -0.344. The predicted octanol–water partition coefficient (Wildman–Crippen LogP) is 0.308. The summed E-state index contributed by atoms with van der Waals surface area (Å²) in [6, 6.07) is 9.42. The normalized spacial score (nSPS) is 16.9. The molecule has 0 unspecified atom stereocenters. The number of hydrogen-bond acceptors (Lipinski definition) is 8. The average Bonchev–Trinajstić information content (AvgIpc) is 2.84. The van der Waals surface area contributed by atoms with E-state index in [-0.39, 0.29) is 36.1 Å². The van der Waals surface area contributed by atoms with Crippen LogP contribution in [-0.4, -0.2) is 81.1 Å². The summed E-state index contributed by atoms with van der Waals surface area (Å²) < 4.78 is 16.2. The molecule has 0 spiro atoms. The van der Waals surface area contributed by atoms with Crippen LogP contribution >= 0.6 is 0 Å². The zero-order valence-electron chi connectivity index (χ0n) is 18.6. The van der Waals surface area contributed by atoms with E-state index in [1.165, 1.54) is 17.2 Å². The number of benzene rings is 1. The van der Waals surface area contributed by atoms with E-state index in [2.05, 4.69) is 27.2 Å². The molecule has 2 aliphatic rings. The number of carbonyl (C=O) groups excluding carboxylic acids is 2. The van der Waals surface area contributed by atoms with Crippen molar-refractivity contribution in [2.45, 2.75) is 6.54 Å². The molecule has 10 nitrogen and oxygen atoms in total. The Kier molecular flexibility index (Phi) is 7.13. The molecule has 33 heavy (non-hydrogen) atoms. The van der Waals surface area contributed by atoms with E-state index < -0.39 is 0 Å². The highest BCUT2D eigenvalue weighted by atomic mass is 16.5. The van der Waals surface area contributed by atoms with Gasteiger partial charge in [0.1, 0.15) is 17.8 Å². The molecule has 2 fully saturated rings. The molecule has 0 aliphatic carbocycles. The zero-order chi connectivity index (χ0) is 23.2. The second kappa shape index (κ2) is 10.4. The number of hydrogen-bond donors (Lipinski definition) is 1. The lowest BCUT2D eigenvalue weighted by Gasteiger charge is -2.35. The van der Waals surface area contributed by atoms with Crippen LogP contribution in [0.4, 0.5) is 5.69 Å². The third-order valence-electron chi connectivity index (χ3n) is 5.78. The number of nitrogens with zero attached hydrogens (tertiary/aromatic N) is 3. The van der Waals surface area contributed by atoms with Crippen LogP contribution in [0.15, 0.2) is 45.8 Å². The Morgan fingerprint density at radius 2 is 1.85 bits per heavy atom. The monoisotopic (exact) mass is 456 g/mol. The lowest BCUT2D eigenvalue weighted by Crippen LogP contribution is -2.51. The molecule has 2 amide bonds. The first kappa shape index (κ1) is 22.7. The lowest BCUT2D eigenvalue weighted by molar-refractivity contribution is -0.139. The Morgan fingerprint density at radius 1 is 1.09 bits per heavy atom. The molecular weight excluding hydrogens is 428 g/mol. The van der Waals surface area contributed by atoms with Gasteiger partial charge in [0.25, 0.3) is 5.91 Å². The molecule has 0 atom stereocenters. The molecule has 0 bridgehead atoms. The topological polar surface area (TPSA) is 105 Å². The van der Waals surface area contributed by atoms with E-state index in [1.807, 2.05) is 12.1 Å². The fraction of sp³-hybridized carbons (Fsp3) is 0.435. The van der Waals surface area contributed by atoms with Gasteiger partial charge in [0.15, 0.2) is 6.61 Å². The summed E-state index contributed by atoms with van der Waals surface area (Å²) in [5.74, 6) is 0.816. The van der Waals surface area contributed by atoms with Crippen molar-refractivity contribution in [3.8, 4) is 11.5 Å². The largest absolute Gasteiger partial charge is 0.497 e. The SMILES string of the molecule is COc1ccc(N2CCN(Cc3cc(=O)c(OCC(=O)N4CCNC(=O)C4)co3)CC2)cc1. The van der Waals surface area contributed by atoms with Crippen LogP contribution in [0.25, 0.3) is 0 Å². The van der Waals surface area contributed by atoms with Gasteiger partial charge in [0, 0.05) is 51.0 Å². The number of ether oxygens (including phenoxy) is 2. The highest BCUT2D eigenvalue weighted by Crippen LogP contribution is 2.21. The molecule has 0 radical (unpaired) electrons. The number of anilines is 1. The van der Waals surface area contributed by atoms with Crippen LogP contribution in [0.2, 0.25) is 0 Å². The Balaban J connectivity index is 1.26. The van der Waals surface area contributed by atoms with Gasteiger partial charge in [0.05, 0.1) is 20.2 Å². The van der Waals surface area contributed by atoms with Crippen molar-refractivity contribution < 1.29 is 23.5 Å². The van der Waals surface area contributed by atoms with Gasteiger partial charge >= 0.3 is 0 Å². The molecule has 1 aromatic heterocycles. The van der Waals surface area contributed by atoms with E-state index in [9.17, 15) is 14.4 Å². The third kappa shape index (κ3) is 5.83. The van der Waals surface area contributed by atoms with Crippen molar-refractivity contribution in [2.24, 2.45) is 0 Å². The number of amides is 2. The van der Waals surface area contributed by atoms with Crippen LogP contribution in [-0.2, 0) is 16.1 Å². The predicted molar refractivity (Wildman–Crippen MR) is 121 cm³/mol. The standard InChI is InChI=1S/C23H28N4O6/c1-31-18-4-2-17(3-5-18)26-10-8-25(9-11-26)13-19-12-20(28)21(15-32-19)33-16-23(30)27-7-6-24-22(29)14-27/h2-5,12,15H,6-11,13-14,16H2,1H3,(H,24,29). The minimum absolute atomic E-state index is 0.00145. The minimum Gasteiger partial charge on any atom is -0.497 e. The number of piperazine rings is 2. The number of rotatable bonds is 7. The molecule has 3 heterocycles. The van der Waals surface area contributed by atoms with Crippen molar-refractivity contribution in [1.82, 2.24) is 15.1 Å². The van der Waals surface area contributed by atoms with Crippen molar-refractivity contribution >= 4 is 17.5 Å². The zero-order valence-corrected chi connectivity index (χ0v) is 18.6. The average molecular weight is 456 g/mol. The van der Waals surface area contributed by atoms with Crippen LogP contribution in [0.3, 0.4) is 0 Å². The Bertz CT molecular complexity index is 1030. The van der Waals surface area contributed by atoms with Gasteiger partial charge in [-0.3, -0.25) is 19.3 Å². The van der Waals surface area contributed by atoms with Crippen molar-refractivity contribution in [3.63, 3.8) is 0 Å².